The van der Waals surface area contributed by atoms with Crippen LogP contribution in [-0.4, -0.2) is 31.6 Å². The summed E-state index contributed by atoms with van der Waals surface area (Å²) in [7, 11) is 0. The van der Waals surface area contributed by atoms with Gasteiger partial charge in [-0.25, -0.2) is 4.79 Å². The predicted molar refractivity (Wildman–Crippen MR) is 86.9 cm³/mol. The summed E-state index contributed by atoms with van der Waals surface area (Å²) < 4.78 is 15.8. The average Bonchev–Trinajstić information content (AvgIpc) is 3.16. The number of carbonyl (C=O) groups is 2. The number of hydrogen-bond acceptors (Lipinski definition) is 5. The van der Waals surface area contributed by atoms with E-state index in [-0.39, 0.29) is 12.1 Å². The standard InChI is InChI=1S/C19H18O5/c1-2-22-18(21)16-5-3-4-15(12-16)17(20)13-6-8-14(9-7-13)19-23-10-11-24-19/h3-9,12,19H,2,10-11H2,1H3. The molecule has 1 heterocycles. The van der Waals surface area contributed by atoms with E-state index >= 15 is 0 Å². The van der Waals surface area contributed by atoms with Crippen molar-refractivity contribution in [2.45, 2.75) is 13.2 Å². The summed E-state index contributed by atoms with van der Waals surface area (Å²) in [5, 5.41) is 0. The molecule has 5 heteroatoms. The van der Waals surface area contributed by atoms with Crippen LogP contribution in [0.25, 0.3) is 0 Å². The number of rotatable bonds is 5. The second-order valence-corrected chi connectivity index (χ2v) is 5.33. The van der Waals surface area contributed by atoms with Crippen LogP contribution in [0.4, 0.5) is 0 Å². The summed E-state index contributed by atoms with van der Waals surface area (Å²) in [5.41, 5.74) is 2.23. The second-order valence-electron chi connectivity index (χ2n) is 5.33. The van der Waals surface area contributed by atoms with Gasteiger partial charge in [-0.1, -0.05) is 36.4 Å². The first-order chi connectivity index (χ1) is 11.7. The van der Waals surface area contributed by atoms with Gasteiger partial charge in [0, 0.05) is 16.7 Å². The Bertz CT molecular complexity index is 730. The van der Waals surface area contributed by atoms with Gasteiger partial charge in [0.1, 0.15) is 0 Å². The van der Waals surface area contributed by atoms with Crippen molar-refractivity contribution in [3.05, 3.63) is 70.8 Å². The maximum Gasteiger partial charge on any atom is 0.338 e. The van der Waals surface area contributed by atoms with Gasteiger partial charge < -0.3 is 14.2 Å². The molecule has 5 nitrogen and oxygen atoms in total. The molecule has 0 N–H and O–H groups in total. The highest BCUT2D eigenvalue weighted by molar-refractivity contribution is 6.10. The van der Waals surface area contributed by atoms with E-state index in [4.69, 9.17) is 14.2 Å². The third kappa shape index (κ3) is 3.53. The molecule has 2 aromatic rings. The molecule has 0 unspecified atom stereocenters. The molecular formula is C19H18O5. The number of benzene rings is 2. The summed E-state index contributed by atoms with van der Waals surface area (Å²) in [6.45, 7) is 3.19. The van der Waals surface area contributed by atoms with Crippen LogP contribution < -0.4 is 0 Å². The van der Waals surface area contributed by atoms with Gasteiger partial charge >= 0.3 is 5.97 Å². The highest BCUT2D eigenvalue weighted by atomic mass is 16.7. The number of hydrogen-bond donors (Lipinski definition) is 0. The van der Waals surface area contributed by atoms with Gasteiger partial charge in [0.2, 0.25) is 0 Å². The van der Waals surface area contributed by atoms with Crippen molar-refractivity contribution in [1.29, 1.82) is 0 Å². The van der Waals surface area contributed by atoms with Gasteiger partial charge in [0.05, 0.1) is 25.4 Å². The molecule has 0 aliphatic carbocycles. The van der Waals surface area contributed by atoms with Gasteiger partial charge in [-0.2, -0.15) is 0 Å². The second kappa shape index (κ2) is 7.38. The van der Waals surface area contributed by atoms with Gasteiger partial charge in [-0.05, 0) is 19.1 Å². The lowest BCUT2D eigenvalue weighted by molar-refractivity contribution is -0.0441. The van der Waals surface area contributed by atoms with E-state index in [0.29, 0.717) is 36.5 Å². The monoisotopic (exact) mass is 326 g/mol. The minimum atomic E-state index is -0.432. The molecule has 2 aromatic carbocycles. The van der Waals surface area contributed by atoms with Crippen LogP contribution in [0.15, 0.2) is 48.5 Å². The summed E-state index contributed by atoms with van der Waals surface area (Å²) in [4.78, 5) is 24.4. The van der Waals surface area contributed by atoms with Crippen molar-refractivity contribution in [2.24, 2.45) is 0 Å². The van der Waals surface area contributed by atoms with Crippen LogP contribution in [0, 0.1) is 0 Å². The van der Waals surface area contributed by atoms with Crippen LogP contribution in [0.5, 0.6) is 0 Å². The largest absolute Gasteiger partial charge is 0.462 e. The van der Waals surface area contributed by atoms with E-state index in [0.717, 1.165) is 5.56 Å². The van der Waals surface area contributed by atoms with Crippen molar-refractivity contribution in [3.63, 3.8) is 0 Å². The third-order valence-corrected chi connectivity index (χ3v) is 3.70. The van der Waals surface area contributed by atoms with Gasteiger partial charge in [0.25, 0.3) is 0 Å². The first-order valence-electron chi connectivity index (χ1n) is 7.84. The molecule has 124 valence electrons. The SMILES string of the molecule is CCOC(=O)c1cccc(C(=O)c2ccc(C3OCCO3)cc2)c1. The Labute approximate surface area is 140 Å². The minimum absolute atomic E-state index is 0.152. The van der Waals surface area contributed by atoms with Crippen molar-refractivity contribution in [1.82, 2.24) is 0 Å². The maximum atomic E-state index is 12.6. The molecule has 0 aromatic heterocycles. The normalized spacial score (nSPS) is 14.5. The molecule has 0 bridgehead atoms. The summed E-state index contributed by atoms with van der Waals surface area (Å²) >= 11 is 0. The van der Waals surface area contributed by atoms with Crippen molar-refractivity contribution >= 4 is 11.8 Å². The molecule has 1 fully saturated rings. The molecular weight excluding hydrogens is 308 g/mol. The lowest BCUT2D eigenvalue weighted by Crippen LogP contribution is -2.08. The molecule has 1 aliphatic rings. The van der Waals surface area contributed by atoms with Gasteiger partial charge in [-0.3, -0.25) is 4.79 Å². The molecule has 24 heavy (non-hydrogen) atoms. The topological polar surface area (TPSA) is 61.8 Å². The van der Waals surface area contributed by atoms with E-state index in [9.17, 15) is 9.59 Å². The van der Waals surface area contributed by atoms with Gasteiger partial charge in [0.15, 0.2) is 12.1 Å². The Morgan fingerprint density at radius 2 is 1.67 bits per heavy atom. The number of carbonyl (C=O) groups excluding carboxylic acids is 2. The van der Waals surface area contributed by atoms with Crippen LogP contribution in [-0.2, 0) is 14.2 Å². The lowest BCUT2D eigenvalue weighted by atomic mass is 10.0. The number of ketones is 1. The van der Waals surface area contributed by atoms with Crippen molar-refractivity contribution in [2.75, 3.05) is 19.8 Å². The molecule has 1 aliphatic heterocycles. The van der Waals surface area contributed by atoms with E-state index in [1.807, 2.05) is 12.1 Å². The van der Waals surface area contributed by atoms with E-state index in [1.165, 1.54) is 0 Å². The Morgan fingerprint density at radius 1 is 1.00 bits per heavy atom. The van der Waals surface area contributed by atoms with Crippen LogP contribution in [0.2, 0.25) is 0 Å². The molecule has 3 rings (SSSR count). The van der Waals surface area contributed by atoms with Crippen LogP contribution >= 0.6 is 0 Å². The number of ether oxygens (including phenoxy) is 3. The Morgan fingerprint density at radius 3 is 2.33 bits per heavy atom. The van der Waals surface area contributed by atoms with E-state index < -0.39 is 5.97 Å². The third-order valence-electron chi connectivity index (χ3n) is 3.70. The summed E-state index contributed by atoms with van der Waals surface area (Å²) in [6, 6.07) is 13.6. The zero-order valence-electron chi connectivity index (χ0n) is 13.4. The first kappa shape index (κ1) is 16.4. The molecule has 0 saturated carbocycles. The van der Waals surface area contributed by atoms with Crippen LogP contribution in [0.1, 0.15) is 45.1 Å². The molecule has 1 saturated heterocycles. The fourth-order valence-electron chi connectivity index (χ4n) is 2.51. The number of esters is 1. The predicted octanol–water partition coefficient (Wildman–Crippen LogP) is 3.14. The molecule has 0 amide bonds. The lowest BCUT2D eigenvalue weighted by Gasteiger charge is -2.10. The Hall–Kier alpha value is -2.50. The van der Waals surface area contributed by atoms with Gasteiger partial charge in [-0.15, -0.1) is 0 Å². The zero-order chi connectivity index (χ0) is 16.9. The molecule has 0 radical (unpaired) electrons. The summed E-state index contributed by atoms with van der Waals surface area (Å²) in [5.74, 6) is -0.584. The quantitative estimate of drug-likeness (QED) is 0.624. The molecule has 0 spiro atoms. The zero-order valence-corrected chi connectivity index (χ0v) is 13.4. The van der Waals surface area contributed by atoms with E-state index in [2.05, 4.69) is 0 Å². The maximum absolute atomic E-state index is 12.6. The van der Waals surface area contributed by atoms with E-state index in [1.54, 1.807) is 43.3 Å². The fraction of sp³-hybridized carbons (Fsp3) is 0.263. The average molecular weight is 326 g/mol. The Kier molecular flexibility index (Phi) is 5.03. The minimum Gasteiger partial charge on any atom is -0.462 e. The highest BCUT2D eigenvalue weighted by Gasteiger charge is 2.19. The van der Waals surface area contributed by atoms with Crippen molar-refractivity contribution < 1.29 is 23.8 Å². The first-order valence-corrected chi connectivity index (χ1v) is 7.84. The Balaban J connectivity index is 1.78. The van der Waals surface area contributed by atoms with Crippen LogP contribution in [0.3, 0.4) is 0 Å². The highest BCUT2D eigenvalue weighted by Crippen LogP contribution is 2.24. The smallest absolute Gasteiger partial charge is 0.338 e. The molecule has 0 atom stereocenters. The fourth-order valence-corrected chi connectivity index (χ4v) is 2.51. The van der Waals surface area contributed by atoms with Crippen molar-refractivity contribution in [3.8, 4) is 0 Å². The summed E-state index contributed by atoms with van der Waals surface area (Å²) in [6.07, 6.45) is -0.360.